The van der Waals surface area contributed by atoms with Crippen LogP contribution < -0.4 is 10.6 Å². The first kappa shape index (κ1) is 12.6. The zero-order chi connectivity index (χ0) is 13.1. The lowest BCUT2D eigenvalue weighted by Crippen LogP contribution is -2.17. The summed E-state index contributed by atoms with van der Waals surface area (Å²) in [6.45, 7) is 4.71. The lowest BCUT2D eigenvalue weighted by molar-refractivity contribution is 0.529. The van der Waals surface area contributed by atoms with E-state index in [1.54, 1.807) is 6.26 Å². The molecule has 0 saturated heterocycles. The third-order valence-electron chi connectivity index (χ3n) is 3.05. The molecule has 0 aliphatic heterocycles. The Bertz CT molecular complexity index is 502. The second-order valence-electron chi connectivity index (χ2n) is 4.59. The minimum Gasteiger partial charge on any atom is -0.469 e. The van der Waals surface area contributed by atoms with Crippen molar-refractivity contribution >= 4 is 5.69 Å². The van der Waals surface area contributed by atoms with Gasteiger partial charge in [-0.25, -0.2) is 0 Å². The molecule has 0 unspecified atom stereocenters. The molecule has 4 nitrogen and oxygen atoms in total. The van der Waals surface area contributed by atoms with Gasteiger partial charge in [-0.2, -0.15) is 0 Å². The molecule has 0 aromatic carbocycles. The number of furan rings is 1. The second-order valence-corrected chi connectivity index (χ2v) is 4.59. The van der Waals surface area contributed by atoms with E-state index >= 15 is 0 Å². The molecule has 0 bridgehead atoms. The molecule has 0 amide bonds. The summed E-state index contributed by atoms with van der Waals surface area (Å²) >= 11 is 0. The lowest BCUT2D eigenvalue weighted by atomic mass is 10.2. The third kappa shape index (κ3) is 2.71. The van der Waals surface area contributed by atoms with Crippen molar-refractivity contribution in [3.05, 3.63) is 47.7 Å². The van der Waals surface area contributed by atoms with Gasteiger partial charge in [0.2, 0.25) is 0 Å². The zero-order valence-electron chi connectivity index (χ0n) is 11.1. The minimum absolute atomic E-state index is 0.0273. The summed E-state index contributed by atoms with van der Waals surface area (Å²) in [4.78, 5) is 6.50. The lowest BCUT2D eigenvalue weighted by Gasteiger charge is -2.19. The van der Waals surface area contributed by atoms with Crippen molar-refractivity contribution in [2.75, 3.05) is 11.9 Å². The number of aryl methyl sites for hydroxylation is 1. The van der Waals surface area contributed by atoms with E-state index in [-0.39, 0.29) is 6.04 Å². The van der Waals surface area contributed by atoms with Gasteiger partial charge < -0.3 is 15.1 Å². The van der Waals surface area contributed by atoms with Gasteiger partial charge in [0, 0.05) is 25.2 Å². The highest BCUT2D eigenvalue weighted by atomic mass is 16.3. The third-order valence-corrected chi connectivity index (χ3v) is 3.05. The Kier molecular flexibility index (Phi) is 3.67. The van der Waals surface area contributed by atoms with Crippen LogP contribution in [0.15, 0.2) is 35.1 Å². The molecule has 2 heterocycles. The molecule has 4 heteroatoms. The van der Waals surface area contributed by atoms with Gasteiger partial charge in [0.15, 0.2) is 0 Å². The molecule has 0 spiro atoms. The summed E-state index contributed by atoms with van der Waals surface area (Å²) in [5.41, 5.74) is 8.95. The highest BCUT2D eigenvalue weighted by Crippen LogP contribution is 2.18. The zero-order valence-corrected chi connectivity index (χ0v) is 11.1. The molecule has 0 saturated carbocycles. The topological polar surface area (TPSA) is 55.3 Å². The quantitative estimate of drug-likeness (QED) is 0.899. The number of nitrogens with two attached hydrogens (primary N) is 1. The molecule has 18 heavy (non-hydrogen) atoms. The van der Waals surface area contributed by atoms with Crippen LogP contribution in [0, 0.1) is 6.92 Å². The van der Waals surface area contributed by atoms with Crippen molar-refractivity contribution in [1.29, 1.82) is 0 Å². The molecule has 0 aliphatic rings. The van der Waals surface area contributed by atoms with Crippen molar-refractivity contribution in [1.82, 2.24) is 4.98 Å². The summed E-state index contributed by atoms with van der Waals surface area (Å²) in [7, 11) is 2.04. The first-order chi connectivity index (χ1) is 8.58. The second kappa shape index (κ2) is 5.23. The van der Waals surface area contributed by atoms with Gasteiger partial charge in [0.25, 0.3) is 0 Å². The van der Waals surface area contributed by atoms with Crippen LogP contribution in [-0.4, -0.2) is 12.0 Å². The van der Waals surface area contributed by atoms with E-state index in [1.807, 2.05) is 45.3 Å². The fourth-order valence-corrected chi connectivity index (χ4v) is 1.81. The normalized spacial score (nSPS) is 12.4. The SMILES string of the molecule is Cc1occc1CN(C)c1ccc([C@H](C)N)nc1. The molecular weight excluding hydrogens is 226 g/mol. The van der Waals surface area contributed by atoms with Gasteiger partial charge in [-0.1, -0.05) is 0 Å². The fourth-order valence-electron chi connectivity index (χ4n) is 1.81. The van der Waals surface area contributed by atoms with Gasteiger partial charge >= 0.3 is 0 Å². The largest absolute Gasteiger partial charge is 0.469 e. The van der Waals surface area contributed by atoms with E-state index in [0.29, 0.717) is 0 Å². The van der Waals surface area contributed by atoms with Gasteiger partial charge in [0.1, 0.15) is 5.76 Å². The highest BCUT2D eigenvalue weighted by molar-refractivity contribution is 5.44. The Labute approximate surface area is 107 Å². The predicted molar refractivity (Wildman–Crippen MR) is 72.4 cm³/mol. The number of aromatic nitrogens is 1. The van der Waals surface area contributed by atoms with Gasteiger partial charge in [-0.15, -0.1) is 0 Å². The van der Waals surface area contributed by atoms with E-state index in [2.05, 4.69) is 9.88 Å². The summed E-state index contributed by atoms with van der Waals surface area (Å²) in [5.74, 6) is 0.960. The number of nitrogens with zero attached hydrogens (tertiary/aromatic N) is 2. The van der Waals surface area contributed by atoms with Crippen LogP contribution in [0.4, 0.5) is 5.69 Å². The molecule has 2 rings (SSSR count). The van der Waals surface area contributed by atoms with E-state index in [1.165, 1.54) is 5.56 Å². The van der Waals surface area contributed by atoms with Crippen LogP contribution in [0.5, 0.6) is 0 Å². The van der Waals surface area contributed by atoms with Crippen molar-refractivity contribution in [3.63, 3.8) is 0 Å². The van der Waals surface area contributed by atoms with Gasteiger partial charge in [-0.3, -0.25) is 4.98 Å². The Morgan fingerprint density at radius 1 is 1.39 bits per heavy atom. The van der Waals surface area contributed by atoms with Gasteiger partial charge in [-0.05, 0) is 32.0 Å². The van der Waals surface area contributed by atoms with Crippen LogP contribution in [0.25, 0.3) is 0 Å². The number of rotatable bonds is 4. The molecule has 96 valence electrons. The summed E-state index contributed by atoms with van der Waals surface area (Å²) in [6.07, 6.45) is 3.57. The number of anilines is 1. The molecule has 1 atom stereocenters. The predicted octanol–water partition coefficient (Wildman–Crippen LogP) is 2.64. The first-order valence-corrected chi connectivity index (χ1v) is 6.03. The summed E-state index contributed by atoms with van der Waals surface area (Å²) < 4.78 is 5.29. The number of hydrogen-bond acceptors (Lipinski definition) is 4. The van der Waals surface area contributed by atoms with Crippen LogP contribution in [0.3, 0.4) is 0 Å². The maximum absolute atomic E-state index is 5.78. The molecule has 2 N–H and O–H groups in total. The maximum atomic E-state index is 5.78. The number of pyridine rings is 1. The van der Waals surface area contributed by atoms with Gasteiger partial charge in [0.05, 0.1) is 23.8 Å². The average Bonchev–Trinajstić information content (AvgIpc) is 2.75. The Balaban J connectivity index is 2.09. The first-order valence-electron chi connectivity index (χ1n) is 6.03. The molecule has 2 aromatic rings. The van der Waals surface area contributed by atoms with Crippen molar-refractivity contribution in [3.8, 4) is 0 Å². The van der Waals surface area contributed by atoms with Crippen molar-refractivity contribution in [2.24, 2.45) is 5.73 Å². The fraction of sp³-hybridized carbons (Fsp3) is 0.357. The van der Waals surface area contributed by atoms with E-state index in [4.69, 9.17) is 10.2 Å². The smallest absolute Gasteiger partial charge is 0.105 e. The average molecular weight is 245 g/mol. The minimum atomic E-state index is -0.0273. The van der Waals surface area contributed by atoms with Crippen LogP contribution in [0.2, 0.25) is 0 Å². The standard InChI is InChI=1S/C14H19N3O/c1-10(15)14-5-4-13(8-16-14)17(3)9-12-6-7-18-11(12)2/h4-8,10H,9,15H2,1-3H3/t10-/m0/s1. The Hall–Kier alpha value is -1.81. The highest BCUT2D eigenvalue weighted by Gasteiger charge is 2.07. The van der Waals surface area contributed by atoms with E-state index in [9.17, 15) is 0 Å². The molecule has 2 aromatic heterocycles. The monoisotopic (exact) mass is 245 g/mol. The molecule has 0 fully saturated rings. The Morgan fingerprint density at radius 3 is 2.67 bits per heavy atom. The van der Waals surface area contributed by atoms with Crippen molar-refractivity contribution < 1.29 is 4.42 Å². The maximum Gasteiger partial charge on any atom is 0.105 e. The molecular formula is C14H19N3O. The van der Waals surface area contributed by atoms with E-state index < -0.39 is 0 Å². The van der Waals surface area contributed by atoms with Crippen LogP contribution >= 0.6 is 0 Å². The van der Waals surface area contributed by atoms with E-state index in [0.717, 1.165) is 23.7 Å². The molecule has 0 radical (unpaired) electrons. The van der Waals surface area contributed by atoms with Crippen LogP contribution in [0.1, 0.15) is 30.0 Å². The molecule has 0 aliphatic carbocycles. The number of hydrogen-bond donors (Lipinski definition) is 1. The Morgan fingerprint density at radius 2 is 2.17 bits per heavy atom. The van der Waals surface area contributed by atoms with Crippen molar-refractivity contribution in [2.45, 2.75) is 26.4 Å². The van der Waals surface area contributed by atoms with Crippen LogP contribution in [-0.2, 0) is 6.54 Å². The summed E-state index contributed by atoms with van der Waals surface area (Å²) in [6, 6.07) is 5.98. The summed E-state index contributed by atoms with van der Waals surface area (Å²) in [5, 5.41) is 0.